The van der Waals surface area contributed by atoms with Gasteiger partial charge >= 0.3 is 0 Å². The van der Waals surface area contributed by atoms with E-state index in [1.54, 1.807) is 72.8 Å². The molecule has 3 rings (SSSR count). The van der Waals surface area contributed by atoms with Crippen molar-refractivity contribution in [3.8, 4) is 0 Å². The van der Waals surface area contributed by atoms with Crippen molar-refractivity contribution in [2.45, 2.75) is 25.3 Å². The highest BCUT2D eigenvalue weighted by molar-refractivity contribution is 7.92. The highest BCUT2D eigenvalue weighted by Gasteiger charge is 2.26. The molecule has 0 fully saturated rings. The summed E-state index contributed by atoms with van der Waals surface area (Å²) in [5, 5.41) is 3.20. The normalized spacial score (nSPS) is 11.2. The van der Waals surface area contributed by atoms with Gasteiger partial charge in [0.05, 0.1) is 17.1 Å². The molecule has 0 saturated heterocycles. The third-order valence-electron chi connectivity index (χ3n) is 4.65. The number of carbonyl (C=O) groups excluding carboxylic acids is 1. The monoisotopic (exact) mass is 442 g/mol. The van der Waals surface area contributed by atoms with Crippen LogP contribution in [-0.2, 0) is 16.6 Å². The Labute approximate surface area is 182 Å². The zero-order chi connectivity index (χ0) is 21.7. The SMILES string of the molecule is CCNC(=O)c1ccc(CN(c2cc(Cl)ccc2C)S(=O)(=O)c2ccccc2)cc1. The number of sulfonamides is 1. The molecule has 0 radical (unpaired) electrons. The van der Waals surface area contributed by atoms with E-state index in [2.05, 4.69) is 5.32 Å². The number of nitrogens with zero attached hydrogens (tertiary/aromatic N) is 1. The van der Waals surface area contributed by atoms with Crippen molar-refractivity contribution in [1.82, 2.24) is 5.32 Å². The molecule has 1 amide bonds. The van der Waals surface area contributed by atoms with Crippen molar-refractivity contribution < 1.29 is 13.2 Å². The lowest BCUT2D eigenvalue weighted by Crippen LogP contribution is -2.31. The maximum atomic E-state index is 13.5. The van der Waals surface area contributed by atoms with E-state index in [-0.39, 0.29) is 17.3 Å². The van der Waals surface area contributed by atoms with Gasteiger partial charge in [0.25, 0.3) is 15.9 Å². The molecular formula is C23H23ClN2O3S. The third kappa shape index (κ3) is 4.83. The highest BCUT2D eigenvalue weighted by Crippen LogP contribution is 2.31. The van der Waals surface area contributed by atoms with Crippen LogP contribution in [0.5, 0.6) is 0 Å². The quantitative estimate of drug-likeness (QED) is 0.571. The standard InChI is InChI=1S/C23H23ClN2O3S/c1-3-25-23(27)19-12-10-18(11-13-19)16-26(22-15-20(24)14-9-17(22)2)30(28,29)21-7-5-4-6-8-21/h4-15H,3,16H2,1-2H3,(H,25,27). The first-order valence-corrected chi connectivity index (χ1v) is 11.4. The van der Waals surface area contributed by atoms with Crippen LogP contribution in [0.3, 0.4) is 0 Å². The predicted octanol–water partition coefficient (Wildman–Crippen LogP) is 4.79. The molecular weight excluding hydrogens is 420 g/mol. The molecule has 0 aliphatic carbocycles. The first-order chi connectivity index (χ1) is 14.3. The van der Waals surface area contributed by atoms with Crippen molar-refractivity contribution in [2.24, 2.45) is 0 Å². The number of carbonyl (C=O) groups is 1. The van der Waals surface area contributed by atoms with Crippen molar-refractivity contribution in [3.63, 3.8) is 0 Å². The van der Waals surface area contributed by atoms with Crippen LogP contribution >= 0.6 is 11.6 Å². The molecule has 0 heterocycles. The van der Waals surface area contributed by atoms with E-state index in [4.69, 9.17) is 11.6 Å². The summed E-state index contributed by atoms with van der Waals surface area (Å²) in [5.74, 6) is -0.163. The fourth-order valence-corrected chi connectivity index (χ4v) is 4.76. The number of benzene rings is 3. The summed E-state index contributed by atoms with van der Waals surface area (Å²) < 4.78 is 28.3. The Balaban J connectivity index is 2.02. The fraction of sp³-hybridized carbons (Fsp3) is 0.174. The molecule has 30 heavy (non-hydrogen) atoms. The van der Waals surface area contributed by atoms with Gasteiger partial charge in [-0.15, -0.1) is 0 Å². The Morgan fingerprint density at radius 3 is 2.30 bits per heavy atom. The smallest absolute Gasteiger partial charge is 0.264 e. The molecule has 0 saturated carbocycles. The molecule has 5 nitrogen and oxygen atoms in total. The zero-order valence-corrected chi connectivity index (χ0v) is 18.4. The lowest BCUT2D eigenvalue weighted by Gasteiger charge is -2.26. The molecule has 0 spiro atoms. The van der Waals surface area contributed by atoms with Gasteiger partial charge in [-0.25, -0.2) is 8.42 Å². The van der Waals surface area contributed by atoms with Crippen molar-refractivity contribution in [3.05, 3.63) is 94.5 Å². The Kier molecular flexibility index (Phi) is 6.80. The third-order valence-corrected chi connectivity index (χ3v) is 6.66. The summed E-state index contributed by atoms with van der Waals surface area (Å²) in [6, 6.07) is 20.4. The van der Waals surface area contributed by atoms with Crippen molar-refractivity contribution in [1.29, 1.82) is 0 Å². The van der Waals surface area contributed by atoms with Gasteiger partial charge in [0.1, 0.15) is 0 Å². The van der Waals surface area contributed by atoms with E-state index >= 15 is 0 Å². The number of halogens is 1. The van der Waals surface area contributed by atoms with Gasteiger partial charge in [0.2, 0.25) is 0 Å². The Morgan fingerprint density at radius 2 is 1.67 bits per heavy atom. The second-order valence-electron chi connectivity index (χ2n) is 6.81. The lowest BCUT2D eigenvalue weighted by molar-refractivity contribution is 0.0956. The summed E-state index contributed by atoms with van der Waals surface area (Å²) in [5.41, 5.74) is 2.58. The second-order valence-corrected chi connectivity index (χ2v) is 9.11. The maximum absolute atomic E-state index is 13.5. The number of hydrogen-bond acceptors (Lipinski definition) is 3. The lowest BCUT2D eigenvalue weighted by atomic mass is 10.1. The van der Waals surface area contributed by atoms with Crippen LogP contribution in [0.25, 0.3) is 0 Å². The topological polar surface area (TPSA) is 66.5 Å². The summed E-state index contributed by atoms with van der Waals surface area (Å²) in [6.45, 7) is 4.34. The van der Waals surface area contributed by atoms with Gasteiger partial charge in [0, 0.05) is 17.1 Å². The maximum Gasteiger partial charge on any atom is 0.264 e. The van der Waals surface area contributed by atoms with Gasteiger partial charge in [-0.1, -0.05) is 48.0 Å². The molecule has 0 aliphatic heterocycles. The summed E-state index contributed by atoms with van der Waals surface area (Å²) in [6.07, 6.45) is 0. The minimum Gasteiger partial charge on any atom is -0.352 e. The van der Waals surface area contributed by atoms with E-state index in [9.17, 15) is 13.2 Å². The fourth-order valence-electron chi connectivity index (χ4n) is 3.06. The van der Waals surface area contributed by atoms with E-state index in [0.717, 1.165) is 11.1 Å². The highest BCUT2D eigenvalue weighted by atomic mass is 35.5. The van der Waals surface area contributed by atoms with Crippen LogP contribution < -0.4 is 9.62 Å². The summed E-state index contributed by atoms with van der Waals surface area (Å²) in [4.78, 5) is 12.2. The molecule has 0 aromatic heterocycles. The van der Waals surface area contributed by atoms with Crippen molar-refractivity contribution in [2.75, 3.05) is 10.8 Å². The number of aryl methyl sites for hydroxylation is 1. The molecule has 0 aliphatic rings. The first kappa shape index (κ1) is 21.9. The Bertz CT molecular complexity index is 1130. The van der Waals surface area contributed by atoms with Crippen LogP contribution in [0.2, 0.25) is 5.02 Å². The van der Waals surface area contributed by atoms with Gasteiger partial charge in [-0.05, 0) is 61.4 Å². The summed E-state index contributed by atoms with van der Waals surface area (Å²) in [7, 11) is -3.83. The van der Waals surface area contributed by atoms with Gasteiger partial charge in [0.15, 0.2) is 0 Å². The summed E-state index contributed by atoms with van der Waals surface area (Å²) >= 11 is 6.18. The first-order valence-electron chi connectivity index (χ1n) is 9.54. The largest absolute Gasteiger partial charge is 0.352 e. The minimum atomic E-state index is -3.83. The molecule has 1 N–H and O–H groups in total. The average Bonchev–Trinajstić information content (AvgIpc) is 2.75. The van der Waals surface area contributed by atoms with Gasteiger partial charge in [-0.2, -0.15) is 0 Å². The van der Waals surface area contributed by atoms with E-state index < -0.39 is 10.0 Å². The predicted molar refractivity (Wildman–Crippen MR) is 120 cm³/mol. The van der Waals surface area contributed by atoms with Gasteiger partial charge < -0.3 is 5.32 Å². The molecule has 3 aromatic rings. The van der Waals surface area contributed by atoms with E-state index in [1.165, 1.54) is 4.31 Å². The van der Waals surface area contributed by atoms with Crippen LogP contribution in [0.15, 0.2) is 77.7 Å². The van der Waals surface area contributed by atoms with Crippen LogP contribution in [0.1, 0.15) is 28.4 Å². The van der Waals surface area contributed by atoms with Crippen LogP contribution in [0, 0.1) is 6.92 Å². The molecule has 7 heteroatoms. The number of amides is 1. The number of anilines is 1. The minimum absolute atomic E-state index is 0.105. The van der Waals surface area contributed by atoms with E-state index in [1.807, 2.05) is 13.8 Å². The van der Waals surface area contributed by atoms with Crippen LogP contribution in [0.4, 0.5) is 5.69 Å². The van der Waals surface area contributed by atoms with Crippen LogP contribution in [-0.4, -0.2) is 20.9 Å². The molecule has 0 bridgehead atoms. The number of hydrogen-bond donors (Lipinski definition) is 1. The van der Waals surface area contributed by atoms with Crippen molar-refractivity contribution >= 4 is 33.2 Å². The molecule has 3 aromatic carbocycles. The van der Waals surface area contributed by atoms with E-state index in [0.29, 0.717) is 22.8 Å². The zero-order valence-electron chi connectivity index (χ0n) is 16.8. The average molecular weight is 443 g/mol. The molecule has 0 unspecified atom stereocenters. The number of nitrogens with one attached hydrogen (secondary N) is 1. The Morgan fingerprint density at radius 1 is 1.00 bits per heavy atom. The number of rotatable bonds is 7. The molecule has 0 atom stereocenters. The Hall–Kier alpha value is -2.83. The van der Waals surface area contributed by atoms with Gasteiger partial charge in [-0.3, -0.25) is 9.10 Å². The molecule has 156 valence electrons. The second kappa shape index (κ2) is 9.32.